The Labute approximate surface area is 64.7 Å². The lowest BCUT2D eigenvalue weighted by Gasteiger charge is -2.27. The van der Waals surface area contributed by atoms with E-state index in [1.54, 1.807) is 0 Å². The minimum Gasteiger partial charge on any atom is -0.376 e. The summed E-state index contributed by atoms with van der Waals surface area (Å²) in [7, 11) is 0. The van der Waals surface area contributed by atoms with Gasteiger partial charge in [0.05, 0.1) is 12.7 Å². The third-order valence-corrected chi connectivity index (χ3v) is 2.02. The van der Waals surface area contributed by atoms with Gasteiger partial charge < -0.3 is 10.5 Å². The number of rotatable bonds is 2. The van der Waals surface area contributed by atoms with Crippen molar-refractivity contribution >= 4 is 0 Å². The van der Waals surface area contributed by atoms with Gasteiger partial charge in [-0.15, -0.1) is 0 Å². The fourth-order valence-electron chi connectivity index (χ4n) is 1.21. The van der Waals surface area contributed by atoms with E-state index in [-0.39, 0.29) is 12.7 Å². The van der Waals surface area contributed by atoms with Gasteiger partial charge in [0.2, 0.25) is 6.43 Å². The van der Waals surface area contributed by atoms with Crippen LogP contribution in [0, 0.1) is 5.92 Å². The maximum Gasteiger partial charge on any atom is 0.243 e. The summed E-state index contributed by atoms with van der Waals surface area (Å²) in [4.78, 5) is 0. The second-order valence-corrected chi connectivity index (χ2v) is 2.86. The van der Waals surface area contributed by atoms with Crippen LogP contribution in [-0.4, -0.2) is 25.7 Å². The molecule has 0 unspecified atom stereocenters. The van der Waals surface area contributed by atoms with Gasteiger partial charge in [-0.2, -0.15) is 0 Å². The molecule has 11 heavy (non-hydrogen) atoms. The van der Waals surface area contributed by atoms with E-state index in [1.807, 2.05) is 0 Å². The van der Waals surface area contributed by atoms with Crippen LogP contribution in [0.25, 0.3) is 0 Å². The summed E-state index contributed by atoms with van der Waals surface area (Å²) in [6.45, 7) is 0.607. The molecule has 0 amide bonds. The lowest BCUT2D eigenvalue weighted by Crippen LogP contribution is -2.34. The van der Waals surface area contributed by atoms with Crippen molar-refractivity contribution in [2.75, 3.05) is 13.2 Å². The number of ether oxygens (including phenoxy) is 1. The number of halogens is 2. The van der Waals surface area contributed by atoms with Gasteiger partial charge in [0, 0.05) is 12.5 Å². The first-order valence-corrected chi connectivity index (χ1v) is 3.84. The van der Waals surface area contributed by atoms with E-state index in [2.05, 4.69) is 0 Å². The summed E-state index contributed by atoms with van der Waals surface area (Å²) in [5, 5.41) is 0. The molecule has 1 fully saturated rings. The first-order chi connectivity index (χ1) is 5.24. The van der Waals surface area contributed by atoms with Crippen LogP contribution in [0.3, 0.4) is 0 Å². The first kappa shape index (κ1) is 8.87. The average Bonchev–Trinajstić information content (AvgIpc) is 2.05. The van der Waals surface area contributed by atoms with Crippen molar-refractivity contribution in [3.05, 3.63) is 0 Å². The van der Waals surface area contributed by atoms with E-state index >= 15 is 0 Å². The highest BCUT2D eigenvalue weighted by Gasteiger charge is 2.27. The highest BCUT2D eigenvalue weighted by atomic mass is 19.3. The molecule has 1 heterocycles. The molecule has 1 saturated heterocycles. The Hall–Kier alpha value is -0.220. The molecular formula is C7H13F2NO. The first-order valence-electron chi connectivity index (χ1n) is 3.84. The fraction of sp³-hybridized carbons (Fsp3) is 1.00. The average molecular weight is 165 g/mol. The maximum atomic E-state index is 12.0. The highest BCUT2D eigenvalue weighted by Crippen LogP contribution is 2.23. The molecule has 0 aromatic carbocycles. The van der Waals surface area contributed by atoms with E-state index in [1.165, 1.54) is 0 Å². The number of alkyl halides is 2. The Bertz CT molecular complexity index is 113. The van der Waals surface area contributed by atoms with Crippen LogP contribution < -0.4 is 5.73 Å². The van der Waals surface area contributed by atoms with E-state index in [9.17, 15) is 8.78 Å². The van der Waals surface area contributed by atoms with Gasteiger partial charge in [-0.05, 0) is 12.8 Å². The molecule has 0 aliphatic carbocycles. The quantitative estimate of drug-likeness (QED) is 0.662. The molecule has 2 atom stereocenters. The number of nitrogens with two attached hydrogens (primary N) is 1. The molecule has 0 aromatic rings. The van der Waals surface area contributed by atoms with E-state index in [0.29, 0.717) is 19.4 Å². The van der Waals surface area contributed by atoms with Crippen molar-refractivity contribution in [2.24, 2.45) is 11.7 Å². The van der Waals surface area contributed by atoms with E-state index in [0.717, 1.165) is 0 Å². The molecule has 1 rings (SSSR count). The molecule has 4 heteroatoms. The van der Waals surface area contributed by atoms with Gasteiger partial charge in [0.25, 0.3) is 0 Å². The molecule has 0 radical (unpaired) electrons. The largest absolute Gasteiger partial charge is 0.376 e. The van der Waals surface area contributed by atoms with Crippen molar-refractivity contribution in [2.45, 2.75) is 25.4 Å². The van der Waals surface area contributed by atoms with Crippen molar-refractivity contribution in [1.82, 2.24) is 0 Å². The molecule has 2 nitrogen and oxygen atoms in total. The summed E-state index contributed by atoms with van der Waals surface area (Å²) < 4.78 is 29.2. The summed E-state index contributed by atoms with van der Waals surface area (Å²) in [6.07, 6.45) is -1.02. The Morgan fingerprint density at radius 3 is 2.55 bits per heavy atom. The molecule has 0 saturated carbocycles. The SMILES string of the molecule is NC[C@@H]1CC[C@@H](C(F)F)CO1. The summed E-state index contributed by atoms with van der Waals surface area (Å²) >= 11 is 0. The molecule has 66 valence electrons. The van der Waals surface area contributed by atoms with Gasteiger partial charge in [-0.1, -0.05) is 0 Å². The second kappa shape index (κ2) is 3.97. The monoisotopic (exact) mass is 165 g/mol. The smallest absolute Gasteiger partial charge is 0.243 e. The summed E-state index contributed by atoms with van der Waals surface area (Å²) in [6, 6.07) is 0. The fourth-order valence-corrected chi connectivity index (χ4v) is 1.21. The van der Waals surface area contributed by atoms with Crippen LogP contribution in [0.15, 0.2) is 0 Å². The molecule has 0 bridgehead atoms. The Balaban J connectivity index is 2.24. The zero-order valence-electron chi connectivity index (χ0n) is 6.30. The second-order valence-electron chi connectivity index (χ2n) is 2.86. The van der Waals surface area contributed by atoms with Gasteiger partial charge in [-0.3, -0.25) is 0 Å². The molecular weight excluding hydrogens is 152 g/mol. The molecule has 2 N–H and O–H groups in total. The lowest BCUT2D eigenvalue weighted by atomic mass is 9.99. The third kappa shape index (κ3) is 2.38. The van der Waals surface area contributed by atoms with Gasteiger partial charge >= 0.3 is 0 Å². The molecule has 1 aliphatic heterocycles. The topological polar surface area (TPSA) is 35.2 Å². The Morgan fingerprint density at radius 2 is 2.18 bits per heavy atom. The van der Waals surface area contributed by atoms with E-state index < -0.39 is 12.3 Å². The predicted molar refractivity (Wildman–Crippen MR) is 37.5 cm³/mol. The normalized spacial score (nSPS) is 32.7. The molecule has 1 aliphatic rings. The lowest BCUT2D eigenvalue weighted by molar-refractivity contribution is -0.0616. The van der Waals surface area contributed by atoms with Crippen LogP contribution >= 0.6 is 0 Å². The zero-order valence-corrected chi connectivity index (χ0v) is 6.30. The maximum absolute atomic E-state index is 12.0. The standard InChI is InChI=1S/C7H13F2NO/c8-7(9)5-1-2-6(3-10)11-4-5/h5-7H,1-4,10H2/t5-,6+/m1/s1. The number of hydrogen-bond acceptors (Lipinski definition) is 2. The third-order valence-electron chi connectivity index (χ3n) is 2.02. The van der Waals surface area contributed by atoms with Crippen molar-refractivity contribution in [1.29, 1.82) is 0 Å². The Kier molecular flexibility index (Phi) is 3.20. The summed E-state index contributed by atoms with van der Waals surface area (Å²) in [5.74, 6) is -0.571. The summed E-state index contributed by atoms with van der Waals surface area (Å²) in [5.41, 5.74) is 5.31. The van der Waals surface area contributed by atoms with Crippen LogP contribution in [0.2, 0.25) is 0 Å². The predicted octanol–water partition coefficient (Wildman–Crippen LogP) is 1.01. The minimum atomic E-state index is -2.24. The molecule has 0 spiro atoms. The van der Waals surface area contributed by atoms with Crippen LogP contribution in [-0.2, 0) is 4.74 Å². The zero-order chi connectivity index (χ0) is 8.27. The van der Waals surface area contributed by atoms with Gasteiger partial charge in [0.1, 0.15) is 0 Å². The van der Waals surface area contributed by atoms with Crippen LogP contribution in [0.1, 0.15) is 12.8 Å². The molecule has 0 aromatic heterocycles. The van der Waals surface area contributed by atoms with Crippen molar-refractivity contribution in [3.63, 3.8) is 0 Å². The van der Waals surface area contributed by atoms with Gasteiger partial charge in [0.15, 0.2) is 0 Å². The van der Waals surface area contributed by atoms with Crippen molar-refractivity contribution < 1.29 is 13.5 Å². The highest BCUT2D eigenvalue weighted by molar-refractivity contribution is 4.71. The Morgan fingerprint density at radius 1 is 1.45 bits per heavy atom. The van der Waals surface area contributed by atoms with Crippen LogP contribution in [0.4, 0.5) is 8.78 Å². The van der Waals surface area contributed by atoms with Gasteiger partial charge in [-0.25, -0.2) is 8.78 Å². The van der Waals surface area contributed by atoms with E-state index in [4.69, 9.17) is 10.5 Å². The number of hydrogen-bond donors (Lipinski definition) is 1. The minimum absolute atomic E-state index is 0.00463. The van der Waals surface area contributed by atoms with Crippen molar-refractivity contribution in [3.8, 4) is 0 Å². The van der Waals surface area contributed by atoms with Crippen LogP contribution in [0.5, 0.6) is 0 Å².